The number of anilines is 1. The van der Waals surface area contributed by atoms with Crippen molar-refractivity contribution in [2.45, 2.75) is 6.04 Å². The van der Waals surface area contributed by atoms with Crippen LogP contribution in [-0.4, -0.2) is 55.7 Å². The average Bonchev–Trinajstić information content (AvgIpc) is 3.17. The molecule has 1 fully saturated rings. The highest BCUT2D eigenvalue weighted by atomic mass is 32.1. The smallest absolute Gasteiger partial charge is 0.252 e. The zero-order chi connectivity index (χ0) is 16.8. The van der Waals surface area contributed by atoms with Crippen molar-refractivity contribution in [2.24, 2.45) is 0 Å². The van der Waals surface area contributed by atoms with Gasteiger partial charge in [0.2, 0.25) is 0 Å². The van der Waals surface area contributed by atoms with Gasteiger partial charge >= 0.3 is 0 Å². The number of carbonyl (C=O) groups excluding carboxylic acids is 1. The first-order valence-corrected chi connectivity index (χ1v) is 8.93. The normalized spacial score (nSPS) is 16.5. The molecule has 1 aliphatic rings. The second kappa shape index (κ2) is 8.23. The van der Waals surface area contributed by atoms with Crippen LogP contribution < -0.4 is 10.6 Å². The van der Waals surface area contributed by atoms with Crippen LogP contribution in [0.4, 0.5) is 5.82 Å². The summed E-state index contributed by atoms with van der Waals surface area (Å²) < 4.78 is 5.44. The van der Waals surface area contributed by atoms with E-state index in [1.165, 1.54) is 4.88 Å². The number of thiophene rings is 1. The fourth-order valence-corrected chi connectivity index (χ4v) is 3.61. The highest BCUT2D eigenvalue weighted by Crippen LogP contribution is 2.25. The summed E-state index contributed by atoms with van der Waals surface area (Å²) in [5.74, 6) is 0.649. The number of rotatable bonds is 6. The number of morpholine rings is 1. The lowest BCUT2D eigenvalue weighted by molar-refractivity contribution is 0.0169. The van der Waals surface area contributed by atoms with Crippen LogP contribution in [-0.2, 0) is 4.74 Å². The molecule has 128 valence electrons. The molecule has 2 aromatic heterocycles. The van der Waals surface area contributed by atoms with Crippen LogP contribution in [0.3, 0.4) is 0 Å². The molecular weight excluding hydrogens is 324 g/mol. The molecule has 0 aliphatic carbocycles. The number of ether oxygens (including phenoxy) is 1. The second-order valence-corrected chi connectivity index (χ2v) is 6.55. The maximum Gasteiger partial charge on any atom is 0.252 e. The van der Waals surface area contributed by atoms with Crippen molar-refractivity contribution in [2.75, 3.05) is 45.2 Å². The summed E-state index contributed by atoms with van der Waals surface area (Å²) in [6.45, 7) is 3.83. The summed E-state index contributed by atoms with van der Waals surface area (Å²) in [4.78, 5) is 20.2. The van der Waals surface area contributed by atoms with Gasteiger partial charge in [0.05, 0.1) is 24.8 Å². The van der Waals surface area contributed by atoms with Crippen molar-refractivity contribution >= 4 is 23.1 Å². The van der Waals surface area contributed by atoms with E-state index >= 15 is 0 Å². The first-order chi connectivity index (χ1) is 11.8. The molecule has 7 heteroatoms. The zero-order valence-corrected chi connectivity index (χ0v) is 14.5. The van der Waals surface area contributed by atoms with E-state index in [-0.39, 0.29) is 11.9 Å². The van der Waals surface area contributed by atoms with Gasteiger partial charge in [-0.05, 0) is 23.6 Å². The number of pyridine rings is 1. The van der Waals surface area contributed by atoms with Gasteiger partial charge in [0, 0.05) is 37.8 Å². The van der Waals surface area contributed by atoms with Gasteiger partial charge in [-0.2, -0.15) is 0 Å². The molecular formula is C17H22N4O2S. The Labute approximate surface area is 145 Å². The first-order valence-electron chi connectivity index (χ1n) is 8.05. The van der Waals surface area contributed by atoms with Crippen LogP contribution in [0.2, 0.25) is 0 Å². The summed E-state index contributed by atoms with van der Waals surface area (Å²) in [6, 6.07) is 7.94. The largest absolute Gasteiger partial charge is 0.379 e. The van der Waals surface area contributed by atoms with Gasteiger partial charge in [0.1, 0.15) is 5.82 Å². The molecule has 0 aromatic carbocycles. The number of hydrogen-bond acceptors (Lipinski definition) is 6. The van der Waals surface area contributed by atoms with Crippen molar-refractivity contribution in [3.8, 4) is 0 Å². The third-order valence-corrected chi connectivity index (χ3v) is 5.07. The van der Waals surface area contributed by atoms with Gasteiger partial charge in [-0.3, -0.25) is 9.69 Å². The number of amides is 1. The Morgan fingerprint density at radius 2 is 2.21 bits per heavy atom. The minimum absolute atomic E-state index is 0.0973. The molecule has 3 rings (SSSR count). The Morgan fingerprint density at radius 3 is 2.83 bits per heavy atom. The highest BCUT2D eigenvalue weighted by molar-refractivity contribution is 7.10. The molecule has 0 bridgehead atoms. The molecule has 1 saturated heterocycles. The molecule has 0 saturated carbocycles. The molecule has 1 atom stereocenters. The van der Waals surface area contributed by atoms with Crippen LogP contribution in [0.25, 0.3) is 0 Å². The zero-order valence-electron chi connectivity index (χ0n) is 13.7. The number of carbonyl (C=O) groups is 1. The van der Waals surface area contributed by atoms with E-state index in [1.807, 2.05) is 0 Å². The quantitative estimate of drug-likeness (QED) is 0.837. The van der Waals surface area contributed by atoms with Crippen LogP contribution in [0.5, 0.6) is 0 Å². The molecule has 3 heterocycles. The van der Waals surface area contributed by atoms with Gasteiger partial charge in [-0.15, -0.1) is 11.3 Å². The van der Waals surface area contributed by atoms with Crippen molar-refractivity contribution in [3.63, 3.8) is 0 Å². The third kappa shape index (κ3) is 4.11. The van der Waals surface area contributed by atoms with E-state index in [0.717, 1.165) is 32.1 Å². The maximum atomic E-state index is 12.4. The molecule has 0 radical (unpaired) electrons. The molecule has 1 aliphatic heterocycles. The van der Waals surface area contributed by atoms with E-state index in [9.17, 15) is 4.79 Å². The number of nitrogens with zero attached hydrogens (tertiary/aromatic N) is 2. The van der Waals surface area contributed by atoms with Crippen molar-refractivity contribution < 1.29 is 9.53 Å². The molecule has 24 heavy (non-hydrogen) atoms. The van der Waals surface area contributed by atoms with Crippen molar-refractivity contribution in [3.05, 3.63) is 46.3 Å². The number of aromatic nitrogens is 1. The van der Waals surface area contributed by atoms with Gasteiger partial charge in [-0.25, -0.2) is 4.98 Å². The molecule has 1 amide bonds. The van der Waals surface area contributed by atoms with Crippen molar-refractivity contribution in [1.29, 1.82) is 0 Å². The second-order valence-electron chi connectivity index (χ2n) is 5.57. The van der Waals surface area contributed by atoms with Gasteiger partial charge in [0.25, 0.3) is 5.91 Å². The minimum atomic E-state index is -0.0973. The Balaban J connectivity index is 1.65. The summed E-state index contributed by atoms with van der Waals surface area (Å²) in [5, 5.41) is 8.07. The fourth-order valence-electron chi connectivity index (χ4n) is 2.75. The summed E-state index contributed by atoms with van der Waals surface area (Å²) >= 11 is 1.72. The lowest BCUT2D eigenvalue weighted by atomic mass is 10.1. The van der Waals surface area contributed by atoms with E-state index in [0.29, 0.717) is 12.1 Å². The van der Waals surface area contributed by atoms with Crippen LogP contribution in [0.1, 0.15) is 21.3 Å². The Bertz CT molecular complexity index is 639. The minimum Gasteiger partial charge on any atom is -0.379 e. The number of hydrogen-bond donors (Lipinski definition) is 2. The topological polar surface area (TPSA) is 66.5 Å². The van der Waals surface area contributed by atoms with Gasteiger partial charge in [0.15, 0.2) is 0 Å². The van der Waals surface area contributed by atoms with E-state index in [2.05, 4.69) is 38.0 Å². The van der Waals surface area contributed by atoms with Crippen molar-refractivity contribution in [1.82, 2.24) is 15.2 Å². The van der Waals surface area contributed by atoms with Gasteiger partial charge < -0.3 is 15.4 Å². The Hall–Kier alpha value is -1.96. The van der Waals surface area contributed by atoms with E-state index in [1.54, 1.807) is 36.7 Å². The van der Waals surface area contributed by atoms with E-state index < -0.39 is 0 Å². The van der Waals surface area contributed by atoms with E-state index in [4.69, 9.17) is 4.74 Å². The average molecular weight is 346 g/mol. The summed E-state index contributed by atoms with van der Waals surface area (Å²) in [5.41, 5.74) is 0.570. The Kier molecular flexibility index (Phi) is 5.79. The van der Waals surface area contributed by atoms with Crippen LogP contribution in [0.15, 0.2) is 35.8 Å². The standard InChI is InChI=1S/C17H22N4O2S/c1-18-16-5-4-13(11-19-16)17(22)20-12-14(15-3-2-10-24-15)21-6-8-23-9-7-21/h2-5,10-11,14H,6-9,12H2,1H3,(H,18,19)(H,20,22)/t14-/m0/s1. The Morgan fingerprint density at radius 1 is 1.38 bits per heavy atom. The summed E-state index contributed by atoms with van der Waals surface area (Å²) in [6.07, 6.45) is 1.59. The van der Waals surface area contributed by atoms with Crippen LogP contribution >= 0.6 is 11.3 Å². The number of nitrogens with one attached hydrogen (secondary N) is 2. The molecule has 0 unspecified atom stereocenters. The highest BCUT2D eigenvalue weighted by Gasteiger charge is 2.24. The molecule has 2 aromatic rings. The fraction of sp³-hybridized carbons (Fsp3) is 0.412. The molecule has 6 nitrogen and oxygen atoms in total. The lowest BCUT2D eigenvalue weighted by Crippen LogP contribution is -2.43. The molecule has 0 spiro atoms. The predicted octanol–water partition coefficient (Wildman–Crippen LogP) is 1.99. The predicted molar refractivity (Wildman–Crippen MR) is 95.6 cm³/mol. The monoisotopic (exact) mass is 346 g/mol. The lowest BCUT2D eigenvalue weighted by Gasteiger charge is -2.34. The summed E-state index contributed by atoms with van der Waals surface area (Å²) in [7, 11) is 1.80. The maximum absolute atomic E-state index is 12.4. The SMILES string of the molecule is CNc1ccc(C(=O)NC[C@@H](c2cccs2)N2CCOCC2)cn1. The first kappa shape index (κ1) is 16.9. The third-order valence-electron chi connectivity index (χ3n) is 4.10. The van der Waals surface area contributed by atoms with Gasteiger partial charge in [-0.1, -0.05) is 6.07 Å². The molecule has 2 N–H and O–H groups in total. The van der Waals surface area contributed by atoms with Crippen LogP contribution in [0, 0.1) is 0 Å².